The molecule has 82 valence electrons. The van der Waals surface area contributed by atoms with Gasteiger partial charge >= 0.3 is 0 Å². The predicted molar refractivity (Wildman–Crippen MR) is 65.9 cm³/mol. The Bertz CT molecular complexity index is 342. The molecule has 2 nitrogen and oxygen atoms in total. The molecule has 1 aliphatic rings. The lowest BCUT2D eigenvalue weighted by Crippen LogP contribution is -2.26. The molecule has 0 saturated carbocycles. The molecule has 1 aliphatic heterocycles. The second-order valence-electron chi connectivity index (χ2n) is 3.54. The van der Waals surface area contributed by atoms with Gasteiger partial charge in [0, 0.05) is 22.5 Å². The van der Waals surface area contributed by atoms with E-state index in [0.717, 1.165) is 12.2 Å². The van der Waals surface area contributed by atoms with Crippen LogP contribution in [0.5, 0.6) is 0 Å². The summed E-state index contributed by atoms with van der Waals surface area (Å²) in [5, 5.41) is 3.15. The minimum atomic E-state index is -0.292. The Morgan fingerprint density at radius 2 is 2.47 bits per heavy atom. The van der Waals surface area contributed by atoms with E-state index in [4.69, 9.17) is 0 Å². The SMILES string of the molecule is Fc1cc(Br)cnc1NC1CCCSC1. The molecule has 5 heteroatoms. The summed E-state index contributed by atoms with van der Waals surface area (Å²) in [6.45, 7) is 0. The Morgan fingerprint density at radius 3 is 3.13 bits per heavy atom. The lowest BCUT2D eigenvalue weighted by atomic mass is 10.2. The van der Waals surface area contributed by atoms with Gasteiger partial charge in [-0.1, -0.05) is 0 Å². The van der Waals surface area contributed by atoms with Crippen LogP contribution in [0.1, 0.15) is 12.8 Å². The van der Waals surface area contributed by atoms with Crippen molar-refractivity contribution in [2.24, 2.45) is 0 Å². The van der Waals surface area contributed by atoms with E-state index < -0.39 is 0 Å². The summed E-state index contributed by atoms with van der Waals surface area (Å²) in [7, 11) is 0. The zero-order chi connectivity index (χ0) is 10.7. The first-order valence-corrected chi connectivity index (χ1v) is 6.86. The molecule has 0 aromatic carbocycles. The summed E-state index contributed by atoms with van der Waals surface area (Å²) in [4.78, 5) is 4.03. The lowest BCUT2D eigenvalue weighted by molar-refractivity contribution is 0.612. The largest absolute Gasteiger partial charge is 0.364 e. The van der Waals surface area contributed by atoms with Crippen LogP contribution in [0.3, 0.4) is 0 Å². The Morgan fingerprint density at radius 1 is 1.60 bits per heavy atom. The average molecular weight is 291 g/mol. The maximum absolute atomic E-state index is 13.4. The predicted octanol–water partition coefficient (Wildman–Crippen LogP) is 3.29. The molecule has 2 rings (SSSR count). The number of nitrogens with one attached hydrogen (secondary N) is 1. The summed E-state index contributed by atoms with van der Waals surface area (Å²) in [5.41, 5.74) is 0. The van der Waals surface area contributed by atoms with Crippen LogP contribution in [0, 0.1) is 5.82 Å². The number of thioether (sulfide) groups is 1. The Hall–Kier alpha value is -0.290. The maximum Gasteiger partial charge on any atom is 0.166 e. The highest BCUT2D eigenvalue weighted by Gasteiger charge is 2.15. The fourth-order valence-electron chi connectivity index (χ4n) is 1.57. The molecule has 1 aromatic rings. The number of aromatic nitrogens is 1. The van der Waals surface area contributed by atoms with Crippen LogP contribution in [-0.2, 0) is 0 Å². The van der Waals surface area contributed by atoms with E-state index in [9.17, 15) is 4.39 Å². The number of nitrogens with zero attached hydrogens (tertiary/aromatic N) is 1. The van der Waals surface area contributed by atoms with Crippen LogP contribution in [-0.4, -0.2) is 22.5 Å². The highest BCUT2D eigenvalue weighted by atomic mass is 79.9. The van der Waals surface area contributed by atoms with E-state index in [2.05, 4.69) is 26.2 Å². The molecule has 0 bridgehead atoms. The van der Waals surface area contributed by atoms with E-state index >= 15 is 0 Å². The lowest BCUT2D eigenvalue weighted by Gasteiger charge is -2.23. The van der Waals surface area contributed by atoms with Gasteiger partial charge in [-0.25, -0.2) is 9.37 Å². The van der Waals surface area contributed by atoms with Crippen molar-refractivity contribution in [3.63, 3.8) is 0 Å². The fraction of sp³-hybridized carbons (Fsp3) is 0.500. The molecule has 1 aromatic heterocycles. The Balaban J connectivity index is 2.03. The van der Waals surface area contributed by atoms with E-state index in [1.54, 1.807) is 6.20 Å². The van der Waals surface area contributed by atoms with E-state index in [1.165, 1.54) is 18.2 Å². The standard InChI is InChI=1S/C10H12BrFN2S/c11-7-4-9(12)10(13-5-7)14-8-2-1-3-15-6-8/h4-5,8H,1-3,6H2,(H,13,14). The van der Waals surface area contributed by atoms with Crippen molar-refractivity contribution in [2.75, 3.05) is 16.8 Å². The first-order valence-electron chi connectivity index (χ1n) is 4.91. The molecule has 15 heavy (non-hydrogen) atoms. The second kappa shape index (κ2) is 5.16. The van der Waals surface area contributed by atoms with Crippen LogP contribution in [0.2, 0.25) is 0 Å². The molecular formula is C10H12BrFN2S. The maximum atomic E-state index is 13.4. The quantitative estimate of drug-likeness (QED) is 0.905. The van der Waals surface area contributed by atoms with Gasteiger partial charge in [-0.05, 0) is 40.6 Å². The number of hydrogen-bond donors (Lipinski definition) is 1. The molecule has 1 N–H and O–H groups in total. The highest BCUT2D eigenvalue weighted by Crippen LogP contribution is 2.22. The van der Waals surface area contributed by atoms with E-state index in [-0.39, 0.29) is 5.82 Å². The number of pyridine rings is 1. The Kier molecular flexibility index (Phi) is 3.86. The molecule has 0 spiro atoms. The smallest absolute Gasteiger partial charge is 0.166 e. The zero-order valence-electron chi connectivity index (χ0n) is 8.17. The third-order valence-corrected chi connectivity index (χ3v) is 3.96. The Labute approximate surface area is 101 Å². The van der Waals surface area contributed by atoms with Crippen LogP contribution < -0.4 is 5.32 Å². The van der Waals surface area contributed by atoms with Gasteiger partial charge in [-0.3, -0.25) is 0 Å². The molecule has 2 heterocycles. The molecule has 1 atom stereocenters. The zero-order valence-corrected chi connectivity index (χ0v) is 10.6. The van der Waals surface area contributed by atoms with Gasteiger partial charge in [0.05, 0.1) is 0 Å². The third kappa shape index (κ3) is 3.08. The van der Waals surface area contributed by atoms with Crippen LogP contribution in [0.25, 0.3) is 0 Å². The molecule has 1 saturated heterocycles. The fourth-order valence-corrected chi connectivity index (χ4v) is 2.94. The second-order valence-corrected chi connectivity index (χ2v) is 5.61. The van der Waals surface area contributed by atoms with Crippen LogP contribution in [0.15, 0.2) is 16.7 Å². The first kappa shape index (κ1) is 11.2. The van der Waals surface area contributed by atoms with Gasteiger partial charge in [0.2, 0.25) is 0 Å². The minimum Gasteiger partial charge on any atom is -0.364 e. The van der Waals surface area contributed by atoms with Crippen LogP contribution >= 0.6 is 27.7 Å². The van der Waals surface area contributed by atoms with E-state index in [1.807, 2.05) is 11.8 Å². The average Bonchev–Trinajstić information content (AvgIpc) is 2.24. The monoisotopic (exact) mass is 290 g/mol. The number of hydrogen-bond acceptors (Lipinski definition) is 3. The molecule has 0 radical (unpaired) electrons. The van der Waals surface area contributed by atoms with Crippen molar-refractivity contribution < 1.29 is 4.39 Å². The molecule has 0 aliphatic carbocycles. The van der Waals surface area contributed by atoms with Crippen molar-refractivity contribution in [3.8, 4) is 0 Å². The first-order chi connectivity index (χ1) is 7.25. The van der Waals surface area contributed by atoms with Crippen molar-refractivity contribution in [3.05, 3.63) is 22.6 Å². The summed E-state index contributed by atoms with van der Waals surface area (Å²) in [6.07, 6.45) is 3.91. The van der Waals surface area contributed by atoms with Gasteiger partial charge in [0.15, 0.2) is 11.6 Å². The summed E-state index contributed by atoms with van der Waals surface area (Å²) < 4.78 is 14.1. The number of halogens is 2. The van der Waals surface area contributed by atoms with Gasteiger partial charge in [-0.15, -0.1) is 0 Å². The van der Waals surface area contributed by atoms with Crippen molar-refractivity contribution >= 4 is 33.5 Å². The topological polar surface area (TPSA) is 24.9 Å². The number of rotatable bonds is 2. The summed E-state index contributed by atoms with van der Waals surface area (Å²) in [6, 6.07) is 1.79. The molecule has 1 unspecified atom stereocenters. The van der Waals surface area contributed by atoms with Crippen molar-refractivity contribution in [1.82, 2.24) is 4.98 Å². The minimum absolute atomic E-state index is 0.292. The molecular weight excluding hydrogens is 279 g/mol. The van der Waals surface area contributed by atoms with Gasteiger partial charge in [0.25, 0.3) is 0 Å². The molecule has 0 amide bonds. The normalized spacial score (nSPS) is 21.3. The van der Waals surface area contributed by atoms with Crippen molar-refractivity contribution in [1.29, 1.82) is 0 Å². The van der Waals surface area contributed by atoms with E-state index in [0.29, 0.717) is 16.3 Å². The summed E-state index contributed by atoms with van der Waals surface area (Å²) in [5.74, 6) is 2.33. The number of anilines is 1. The van der Waals surface area contributed by atoms with Gasteiger partial charge in [0.1, 0.15) is 0 Å². The summed E-state index contributed by atoms with van der Waals surface area (Å²) >= 11 is 5.10. The van der Waals surface area contributed by atoms with Gasteiger partial charge < -0.3 is 5.32 Å². The molecule has 1 fully saturated rings. The van der Waals surface area contributed by atoms with Gasteiger partial charge in [-0.2, -0.15) is 11.8 Å². The van der Waals surface area contributed by atoms with Crippen molar-refractivity contribution in [2.45, 2.75) is 18.9 Å². The van der Waals surface area contributed by atoms with Crippen LogP contribution in [0.4, 0.5) is 10.2 Å². The highest BCUT2D eigenvalue weighted by molar-refractivity contribution is 9.10. The third-order valence-electron chi connectivity index (χ3n) is 2.31.